The summed E-state index contributed by atoms with van der Waals surface area (Å²) in [5.41, 5.74) is 0.949. The van der Waals surface area contributed by atoms with Gasteiger partial charge in [0.15, 0.2) is 5.82 Å². The molecule has 2 fully saturated rings. The highest BCUT2D eigenvalue weighted by Gasteiger charge is 2.46. The quantitative estimate of drug-likeness (QED) is 0.810. The molecule has 1 aliphatic carbocycles. The number of pyridine rings is 1. The molecule has 18 heavy (non-hydrogen) atoms. The Morgan fingerprint density at radius 2 is 2.22 bits per heavy atom. The molecule has 4 rings (SSSR count). The third-order valence-corrected chi connectivity index (χ3v) is 4.15. The van der Waals surface area contributed by atoms with Gasteiger partial charge in [-0.15, -0.1) is 0 Å². The van der Waals surface area contributed by atoms with Gasteiger partial charge in [0, 0.05) is 37.2 Å². The van der Waals surface area contributed by atoms with Crippen LogP contribution >= 0.6 is 0 Å². The zero-order chi connectivity index (χ0) is 11.9. The largest absolute Gasteiger partial charge is 0.378 e. The molecule has 1 saturated carbocycles. The van der Waals surface area contributed by atoms with Crippen LogP contribution in [-0.4, -0.2) is 27.2 Å². The lowest BCUT2D eigenvalue weighted by Crippen LogP contribution is -2.39. The molecule has 0 radical (unpaired) electrons. The van der Waals surface area contributed by atoms with Crippen molar-refractivity contribution in [3.63, 3.8) is 0 Å². The highest BCUT2D eigenvalue weighted by atomic mass is 16.5. The molecule has 4 nitrogen and oxygen atoms in total. The fourth-order valence-electron chi connectivity index (χ4n) is 3.16. The molecule has 0 unspecified atom stereocenters. The van der Waals surface area contributed by atoms with Crippen molar-refractivity contribution >= 4 is 0 Å². The molecule has 4 heteroatoms. The van der Waals surface area contributed by atoms with Gasteiger partial charge in [0.25, 0.3) is 0 Å². The molecular formula is C14H15N3O. The van der Waals surface area contributed by atoms with Gasteiger partial charge in [-0.25, -0.2) is 4.98 Å². The second-order valence-electron chi connectivity index (χ2n) is 5.04. The molecule has 2 aliphatic rings. The maximum absolute atomic E-state index is 5.68. The maximum Gasteiger partial charge on any atom is 0.158 e. The van der Waals surface area contributed by atoms with E-state index in [0.29, 0.717) is 18.1 Å². The number of fused-ring (bicyclic) bond motifs is 1. The van der Waals surface area contributed by atoms with E-state index in [1.807, 2.05) is 30.6 Å². The molecule has 2 aromatic heterocycles. The van der Waals surface area contributed by atoms with E-state index in [0.717, 1.165) is 24.5 Å². The van der Waals surface area contributed by atoms with Crippen LogP contribution in [0.2, 0.25) is 0 Å². The van der Waals surface area contributed by atoms with Gasteiger partial charge in [0.2, 0.25) is 0 Å². The van der Waals surface area contributed by atoms with Crippen molar-refractivity contribution < 1.29 is 4.74 Å². The molecule has 0 N–H and O–H groups in total. The summed E-state index contributed by atoms with van der Waals surface area (Å²) in [5.74, 6) is 1.65. The summed E-state index contributed by atoms with van der Waals surface area (Å²) in [6, 6.07) is 6.49. The summed E-state index contributed by atoms with van der Waals surface area (Å²) in [6.45, 7) is 0.916. The van der Waals surface area contributed by atoms with Gasteiger partial charge in [-0.3, -0.25) is 4.98 Å². The van der Waals surface area contributed by atoms with Gasteiger partial charge < -0.3 is 9.30 Å². The first-order valence-electron chi connectivity index (χ1n) is 6.49. The molecule has 0 spiro atoms. The van der Waals surface area contributed by atoms with Gasteiger partial charge in [-0.1, -0.05) is 6.07 Å². The Balaban J connectivity index is 1.69. The van der Waals surface area contributed by atoms with Crippen LogP contribution in [0.5, 0.6) is 0 Å². The van der Waals surface area contributed by atoms with Crippen LogP contribution in [0.15, 0.2) is 36.8 Å². The summed E-state index contributed by atoms with van der Waals surface area (Å²) >= 11 is 0. The van der Waals surface area contributed by atoms with E-state index in [1.54, 1.807) is 0 Å². The van der Waals surface area contributed by atoms with Crippen LogP contribution in [0, 0.1) is 5.92 Å². The number of hydrogen-bond donors (Lipinski definition) is 0. The molecular weight excluding hydrogens is 226 g/mol. The lowest BCUT2D eigenvalue weighted by atomic mass is 9.76. The minimum absolute atomic E-state index is 0.481. The lowest BCUT2D eigenvalue weighted by molar-refractivity contribution is -0.00520. The molecule has 1 aliphatic heterocycles. The predicted molar refractivity (Wildman–Crippen MR) is 67.0 cm³/mol. The first kappa shape index (κ1) is 10.3. The molecule has 92 valence electrons. The van der Waals surface area contributed by atoms with E-state index >= 15 is 0 Å². The summed E-state index contributed by atoms with van der Waals surface area (Å²) in [4.78, 5) is 8.86. The van der Waals surface area contributed by atoms with E-state index in [4.69, 9.17) is 4.74 Å². The van der Waals surface area contributed by atoms with Crippen LogP contribution in [0.1, 0.15) is 18.9 Å². The smallest absolute Gasteiger partial charge is 0.158 e. The Bertz CT molecular complexity index is 551. The van der Waals surface area contributed by atoms with Gasteiger partial charge in [0.05, 0.1) is 6.10 Å². The number of ether oxygens (including phenoxy) is 1. The van der Waals surface area contributed by atoms with Crippen molar-refractivity contribution in [3.8, 4) is 11.5 Å². The van der Waals surface area contributed by atoms with E-state index in [2.05, 4.69) is 20.7 Å². The summed E-state index contributed by atoms with van der Waals surface area (Å²) < 4.78 is 7.95. The van der Waals surface area contributed by atoms with Crippen molar-refractivity contribution in [1.82, 2.24) is 14.5 Å². The average molecular weight is 241 g/mol. The van der Waals surface area contributed by atoms with Crippen LogP contribution < -0.4 is 0 Å². The maximum atomic E-state index is 5.68. The minimum atomic E-state index is 0.481. The third-order valence-electron chi connectivity index (χ3n) is 4.15. The number of rotatable bonds is 2. The standard InChI is InChI=1S/C14H15N3O/c1-2-5-15-11(3-1)14-16-6-7-17(14)12-9-13-10(12)4-8-18-13/h1-3,5-7,10,12-13H,4,8-9H2/t10-,12+,13+/m0/s1. The highest BCUT2D eigenvalue weighted by Crippen LogP contribution is 2.47. The molecule has 0 amide bonds. The summed E-state index contributed by atoms with van der Waals surface area (Å²) in [5, 5.41) is 0. The topological polar surface area (TPSA) is 39.9 Å². The molecule has 3 heterocycles. The van der Waals surface area contributed by atoms with Crippen molar-refractivity contribution in [2.45, 2.75) is 25.0 Å². The van der Waals surface area contributed by atoms with Crippen LogP contribution in [0.4, 0.5) is 0 Å². The fraction of sp³-hybridized carbons (Fsp3) is 0.429. The van der Waals surface area contributed by atoms with Crippen molar-refractivity contribution in [3.05, 3.63) is 36.8 Å². The van der Waals surface area contributed by atoms with E-state index in [9.17, 15) is 0 Å². The fourth-order valence-corrected chi connectivity index (χ4v) is 3.16. The summed E-state index contributed by atoms with van der Waals surface area (Å²) in [6.07, 6.45) is 8.53. The lowest BCUT2D eigenvalue weighted by Gasteiger charge is -2.40. The first-order valence-corrected chi connectivity index (χ1v) is 6.49. The number of nitrogens with zero attached hydrogens (tertiary/aromatic N) is 3. The predicted octanol–water partition coefficient (Wildman–Crippen LogP) is 2.29. The van der Waals surface area contributed by atoms with Crippen molar-refractivity contribution in [2.24, 2.45) is 5.92 Å². The number of imidazole rings is 1. The van der Waals surface area contributed by atoms with Gasteiger partial charge in [-0.05, 0) is 25.0 Å². The molecule has 0 bridgehead atoms. The van der Waals surface area contributed by atoms with Crippen LogP contribution in [-0.2, 0) is 4.74 Å². The van der Waals surface area contributed by atoms with Gasteiger partial charge in [0.1, 0.15) is 5.69 Å². The molecule has 1 saturated heterocycles. The molecule has 0 aromatic carbocycles. The van der Waals surface area contributed by atoms with Crippen LogP contribution in [0.25, 0.3) is 11.5 Å². The number of hydrogen-bond acceptors (Lipinski definition) is 3. The van der Waals surface area contributed by atoms with Crippen molar-refractivity contribution in [1.29, 1.82) is 0 Å². The second-order valence-corrected chi connectivity index (χ2v) is 5.04. The summed E-state index contributed by atoms with van der Waals surface area (Å²) in [7, 11) is 0. The minimum Gasteiger partial charge on any atom is -0.378 e. The normalized spacial score (nSPS) is 29.9. The Hall–Kier alpha value is -1.68. The van der Waals surface area contributed by atoms with E-state index < -0.39 is 0 Å². The molecule has 3 atom stereocenters. The third kappa shape index (κ3) is 1.42. The average Bonchev–Trinajstić information content (AvgIpc) is 2.99. The van der Waals surface area contributed by atoms with Crippen molar-refractivity contribution in [2.75, 3.05) is 6.61 Å². The Labute approximate surface area is 106 Å². The zero-order valence-corrected chi connectivity index (χ0v) is 10.1. The Kier molecular flexibility index (Phi) is 2.23. The van der Waals surface area contributed by atoms with E-state index in [-0.39, 0.29) is 0 Å². The second kappa shape index (κ2) is 3.92. The van der Waals surface area contributed by atoms with Crippen LogP contribution in [0.3, 0.4) is 0 Å². The first-order chi connectivity index (χ1) is 8.93. The SMILES string of the molecule is c1ccc(-c2nccn2[C@@H]2C[C@H]3OCC[C@@H]23)nc1. The monoisotopic (exact) mass is 241 g/mol. The Morgan fingerprint density at radius 1 is 1.22 bits per heavy atom. The van der Waals surface area contributed by atoms with Gasteiger partial charge >= 0.3 is 0 Å². The Morgan fingerprint density at radius 3 is 3.06 bits per heavy atom. The van der Waals surface area contributed by atoms with E-state index in [1.165, 1.54) is 6.42 Å². The zero-order valence-electron chi connectivity index (χ0n) is 10.1. The number of aromatic nitrogens is 3. The molecule has 2 aromatic rings. The van der Waals surface area contributed by atoms with Gasteiger partial charge in [-0.2, -0.15) is 0 Å². The highest BCUT2D eigenvalue weighted by molar-refractivity contribution is 5.49.